The molecule has 0 aliphatic carbocycles. The zero-order chi connectivity index (χ0) is 13.7. The van der Waals surface area contributed by atoms with Crippen molar-refractivity contribution in [3.63, 3.8) is 0 Å². The van der Waals surface area contributed by atoms with Crippen LogP contribution in [0.15, 0.2) is 47.9 Å². The number of ether oxygens (including phenoxy) is 1. The number of aromatic nitrogens is 2. The number of esters is 1. The van der Waals surface area contributed by atoms with Gasteiger partial charge < -0.3 is 9.30 Å². The first kappa shape index (κ1) is 13.7. The van der Waals surface area contributed by atoms with Gasteiger partial charge in [0.05, 0.1) is 6.61 Å². The Labute approximate surface area is 116 Å². The van der Waals surface area contributed by atoms with Gasteiger partial charge >= 0.3 is 5.97 Å². The largest absolute Gasteiger partial charge is 0.465 e. The molecule has 1 aromatic carbocycles. The molecule has 0 aliphatic rings. The van der Waals surface area contributed by atoms with E-state index in [1.165, 1.54) is 11.8 Å². The van der Waals surface area contributed by atoms with E-state index in [0.29, 0.717) is 6.61 Å². The van der Waals surface area contributed by atoms with Gasteiger partial charge in [0, 0.05) is 19.4 Å². The van der Waals surface area contributed by atoms with Gasteiger partial charge in [-0.2, -0.15) is 0 Å². The Hall–Kier alpha value is -1.75. The highest BCUT2D eigenvalue weighted by molar-refractivity contribution is 8.00. The molecule has 1 heterocycles. The van der Waals surface area contributed by atoms with Crippen LogP contribution in [0.5, 0.6) is 0 Å². The predicted octanol–water partition coefficient (Wildman–Crippen LogP) is 2.82. The van der Waals surface area contributed by atoms with Crippen molar-refractivity contribution in [3.8, 4) is 0 Å². The molecule has 1 atom stereocenters. The highest BCUT2D eigenvalue weighted by atomic mass is 32.2. The molecule has 1 aromatic heterocycles. The van der Waals surface area contributed by atoms with Gasteiger partial charge in [-0.05, 0) is 12.5 Å². The number of hydrogen-bond donors (Lipinski definition) is 0. The molecule has 0 amide bonds. The number of carbonyl (C=O) groups excluding carboxylic acids is 1. The van der Waals surface area contributed by atoms with Crippen LogP contribution >= 0.6 is 11.8 Å². The maximum atomic E-state index is 12.1. The summed E-state index contributed by atoms with van der Waals surface area (Å²) in [4.78, 5) is 16.3. The quantitative estimate of drug-likeness (QED) is 0.622. The molecule has 0 N–H and O–H groups in total. The standard InChI is InChI=1S/C14H16N2O2S/c1-3-18-13(17)12(11-7-5-4-6-8-11)19-14-15-9-10-16(14)2/h4-10,12H,3H2,1-2H3. The predicted molar refractivity (Wildman–Crippen MR) is 74.9 cm³/mol. The van der Waals surface area contributed by atoms with Crippen LogP contribution in [-0.2, 0) is 16.6 Å². The Bertz CT molecular complexity index is 539. The van der Waals surface area contributed by atoms with Gasteiger partial charge in [0.2, 0.25) is 0 Å². The maximum absolute atomic E-state index is 12.1. The molecule has 4 nitrogen and oxygen atoms in total. The molecule has 5 heteroatoms. The lowest BCUT2D eigenvalue weighted by molar-refractivity contribution is -0.142. The lowest BCUT2D eigenvalue weighted by Crippen LogP contribution is -2.14. The number of aryl methyl sites for hydroxylation is 1. The Morgan fingerprint density at radius 1 is 1.42 bits per heavy atom. The van der Waals surface area contributed by atoms with Crippen LogP contribution < -0.4 is 0 Å². The first-order valence-corrected chi connectivity index (χ1v) is 6.96. The number of thioether (sulfide) groups is 1. The molecular formula is C14H16N2O2S. The van der Waals surface area contributed by atoms with Gasteiger partial charge in [0.15, 0.2) is 5.16 Å². The Balaban J connectivity index is 2.25. The van der Waals surface area contributed by atoms with Crippen LogP contribution in [0.25, 0.3) is 0 Å². The Morgan fingerprint density at radius 2 is 2.16 bits per heavy atom. The van der Waals surface area contributed by atoms with E-state index in [9.17, 15) is 4.79 Å². The van der Waals surface area contributed by atoms with E-state index >= 15 is 0 Å². The molecule has 2 aromatic rings. The number of carbonyl (C=O) groups is 1. The van der Waals surface area contributed by atoms with Crippen LogP contribution in [-0.4, -0.2) is 22.1 Å². The average molecular weight is 276 g/mol. The monoisotopic (exact) mass is 276 g/mol. The van der Waals surface area contributed by atoms with Crippen molar-refractivity contribution in [1.82, 2.24) is 9.55 Å². The molecule has 100 valence electrons. The van der Waals surface area contributed by atoms with E-state index in [1.54, 1.807) is 6.20 Å². The minimum absolute atomic E-state index is 0.235. The summed E-state index contributed by atoms with van der Waals surface area (Å²) < 4.78 is 7.04. The Kier molecular flexibility index (Phi) is 4.63. The zero-order valence-electron chi connectivity index (χ0n) is 10.9. The minimum Gasteiger partial charge on any atom is -0.465 e. The van der Waals surface area contributed by atoms with Gasteiger partial charge in [-0.15, -0.1) is 0 Å². The fraction of sp³-hybridized carbons (Fsp3) is 0.286. The fourth-order valence-electron chi connectivity index (χ4n) is 1.67. The summed E-state index contributed by atoms with van der Waals surface area (Å²) in [5.74, 6) is -0.235. The first-order chi connectivity index (χ1) is 9.22. The third kappa shape index (κ3) is 3.38. The SMILES string of the molecule is CCOC(=O)C(Sc1nccn1C)c1ccccc1. The molecule has 1 unspecified atom stereocenters. The van der Waals surface area contributed by atoms with E-state index in [4.69, 9.17) is 4.74 Å². The van der Waals surface area contributed by atoms with Crippen molar-refractivity contribution in [1.29, 1.82) is 0 Å². The lowest BCUT2D eigenvalue weighted by Gasteiger charge is -2.15. The van der Waals surface area contributed by atoms with E-state index in [-0.39, 0.29) is 11.2 Å². The molecule has 19 heavy (non-hydrogen) atoms. The number of nitrogens with zero attached hydrogens (tertiary/aromatic N) is 2. The fourth-order valence-corrected chi connectivity index (χ4v) is 2.69. The average Bonchev–Trinajstić information content (AvgIpc) is 2.82. The molecule has 0 saturated carbocycles. The highest BCUT2D eigenvalue weighted by Crippen LogP contribution is 2.34. The smallest absolute Gasteiger partial charge is 0.324 e. The van der Waals surface area contributed by atoms with Gasteiger partial charge in [0.1, 0.15) is 5.25 Å². The second-order valence-corrected chi connectivity index (χ2v) is 5.05. The molecule has 0 saturated heterocycles. The van der Waals surface area contributed by atoms with Crippen LogP contribution in [0, 0.1) is 0 Å². The van der Waals surface area contributed by atoms with Gasteiger partial charge in [-0.1, -0.05) is 42.1 Å². The molecule has 0 fully saturated rings. The minimum atomic E-state index is -0.387. The van der Waals surface area contributed by atoms with Crippen molar-refractivity contribution >= 4 is 17.7 Å². The van der Waals surface area contributed by atoms with Crippen molar-refractivity contribution < 1.29 is 9.53 Å². The summed E-state index contributed by atoms with van der Waals surface area (Å²) in [6, 6.07) is 9.62. The number of hydrogen-bond acceptors (Lipinski definition) is 4. The van der Waals surface area contributed by atoms with Gasteiger partial charge in [-0.25, -0.2) is 4.98 Å². The highest BCUT2D eigenvalue weighted by Gasteiger charge is 2.24. The topological polar surface area (TPSA) is 44.1 Å². The molecule has 0 spiro atoms. The zero-order valence-corrected chi connectivity index (χ0v) is 11.8. The molecular weight excluding hydrogens is 260 g/mol. The summed E-state index contributed by atoms with van der Waals surface area (Å²) in [7, 11) is 1.91. The Morgan fingerprint density at radius 3 is 2.74 bits per heavy atom. The summed E-state index contributed by atoms with van der Waals surface area (Å²) in [5.41, 5.74) is 0.925. The third-order valence-corrected chi connectivity index (χ3v) is 3.91. The second kappa shape index (κ2) is 6.43. The van der Waals surface area contributed by atoms with E-state index in [0.717, 1.165) is 10.7 Å². The summed E-state index contributed by atoms with van der Waals surface area (Å²) >= 11 is 1.40. The molecule has 0 aliphatic heterocycles. The number of benzene rings is 1. The lowest BCUT2D eigenvalue weighted by atomic mass is 10.1. The van der Waals surface area contributed by atoms with Crippen molar-refractivity contribution in [2.75, 3.05) is 6.61 Å². The second-order valence-electron chi connectivity index (χ2n) is 3.98. The normalized spacial score (nSPS) is 12.1. The molecule has 0 radical (unpaired) electrons. The van der Waals surface area contributed by atoms with Crippen molar-refractivity contribution in [2.45, 2.75) is 17.3 Å². The van der Waals surface area contributed by atoms with Crippen molar-refractivity contribution in [2.24, 2.45) is 7.05 Å². The number of rotatable bonds is 5. The first-order valence-electron chi connectivity index (χ1n) is 6.08. The summed E-state index contributed by atoms with van der Waals surface area (Å²) in [6.45, 7) is 2.19. The van der Waals surface area contributed by atoms with Crippen LogP contribution in [0.2, 0.25) is 0 Å². The van der Waals surface area contributed by atoms with Crippen LogP contribution in [0.3, 0.4) is 0 Å². The number of imidazole rings is 1. The van der Waals surface area contributed by atoms with E-state index < -0.39 is 0 Å². The molecule has 0 bridgehead atoms. The van der Waals surface area contributed by atoms with Crippen LogP contribution in [0.4, 0.5) is 0 Å². The van der Waals surface area contributed by atoms with Gasteiger partial charge in [-0.3, -0.25) is 4.79 Å². The maximum Gasteiger partial charge on any atom is 0.324 e. The third-order valence-electron chi connectivity index (χ3n) is 2.60. The summed E-state index contributed by atoms with van der Waals surface area (Å²) in [6.07, 6.45) is 3.57. The van der Waals surface area contributed by atoms with E-state index in [1.807, 2.05) is 55.1 Å². The van der Waals surface area contributed by atoms with Crippen LogP contribution in [0.1, 0.15) is 17.7 Å². The van der Waals surface area contributed by atoms with Gasteiger partial charge in [0.25, 0.3) is 0 Å². The molecule has 2 rings (SSSR count). The van der Waals surface area contributed by atoms with E-state index in [2.05, 4.69) is 4.98 Å². The summed E-state index contributed by atoms with van der Waals surface area (Å²) in [5, 5.41) is 0.407. The van der Waals surface area contributed by atoms with Crippen molar-refractivity contribution in [3.05, 3.63) is 48.3 Å².